The minimum atomic E-state index is 0.589. The lowest BCUT2D eigenvalue weighted by molar-refractivity contribution is 0.198. The molecule has 1 rings (SSSR count). The molecule has 0 saturated carbocycles. The van der Waals surface area contributed by atoms with Crippen molar-refractivity contribution in [3.05, 3.63) is 29.6 Å². The molecule has 2 heteroatoms. The van der Waals surface area contributed by atoms with Crippen molar-refractivity contribution < 1.29 is 0 Å². The Kier molecular flexibility index (Phi) is 4.28. The molecule has 1 aromatic heterocycles. The van der Waals surface area contributed by atoms with Crippen LogP contribution in [0.2, 0.25) is 0 Å². The number of hydrogen-bond donors (Lipinski definition) is 0. The summed E-state index contributed by atoms with van der Waals surface area (Å²) in [6.07, 6.45) is 1.87. The molecule has 2 nitrogen and oxygen atoms in total. The Morgan fingerprint density at radius 2 is 2.00 bits per heavy atom. The summed E-state index contributed by atoms with van der Waals surface area (Å²) in [5.74, 6) is 0.680. The van der Waals surface area contributed by atoms with Gasteiger partial charge in [-0.1, -0.05) is 19.9 Å². The van der Waals surface area contributed by atoms with Crippen LogP contribution >= 0.6 is 0 Å². The van der Waals surface area contributed by atoms with Gasteiger partial charge in [0, 0.05) is 18.8 Å². The molecule has 15 heavy (non-hydrogen) atoms. The largest absolute Gasteiger partial charge is 0.298 e. The summed E-state index contributed by atoms with van der Waals surface area (Å²) in [6, 6.07) is 4.70. The molecule has 0 aliphatic rings. The van der Waals surface area contributed by atoms with Crippen molar-refractivity contribution in [1.29, 1.82) is 0 Å². The third-order valence-electron chi connectivity index (χ3n) is 3.18. The Bertz CT molecular complexity index is 307. The Morgan fingerprint density at radius 3 is 2.53 bits per heavy atom. The number of aromatic nitrogens is 1. The predicted octanol–water partition coefficient (Wildman–Crippen LogP) is 2.87. The van der Waals surface area contributed by atoms with Gasteiger partial charge in [-0.3, -0.25) is 9.88 Å². The molecule has 0 spiro atoms. The van der Waals surface area contributed by atoms with E-state index in [1.54, 1.807) is 0 Å². The highest BCUT2D eigenvalue weighted by molar-refractivity contribution is 5.17. The molecular weight excluding hydrogens is 184 g/mol. The average Bonchev–Trinajstić information content (AvgIpc) is 2.20. The summed E-state index contributed by atoms with van der Waals surface area (Å²) in [7, 11) is 2.17. The molecule has 1 atom stereocenters. The van der Waals surface area contributed by atoms with Crippen LogP contribution in [0.15, 0.2) is 18.3 Å². The highest BCUT2D eigenvalue weighted by Crippen LogP contribution is 2.12. The lowest BCUT2D eigenvalue weighted by Crippen LogP contribution is -2.33. The van der Waals surface area contributed by atoms with E-state index in [1.165, 1.54) is 11.3 Å². The lowest BCUT2D eigenvalue weighted by atomic mass is 10.0. The summed E-state index contributed by atoms with van der Waals surface area (Å²) < 4.78 is 0. The van der Waals surface area contributed by atoms with Crippen LogP contribution in [0, 0.1) is 12.8 Å². The minimum Gasteiger partial charge on any atom is -0.298 e. The van der Waals surface area contributed by atoms with E-state index in [0.717, 1.165) is 6.54 Å². The Morgan fingerprint density at radius 1 is 1.33 bits per heavy atom. The second-order valence-corrected chi connectivity index (χ2v) is 4.67. The fourth-order valence-electron chi connectivity index (χ4n) is 1.57. The number of aryl methyl sites for hydroxylation is 1. The molecule has 0 aliphatic heterocycles. The molecule has 1 unspecified atom stereocenters. The minimum absolute atomic E-state index is 0.589. The Labute approximate surface area is 93.3 Å². The van der Waals surface area contributed by atoms with Gasteiger partial charge in [-0.2, -0.15) is 0 Å². The molecule has 0 bridgehead atoms. The molecule has 0 N–H and O–H groups in total. The van der Waals surface area contributed by atoms with Crippen molar-refractivity contribution in [2.75, 3.05) is 7.05 Å². The molecule has 0 saturated heterocycles. The maximum absolute atomic E-state index is 4.42. The van der Waals surface area contributed by atoms with E-state index in [-0.39, 0.29) is 0 Å². The standard InChI is InChI=1S/C13H22N2/c1-10(2)12(4)15(5)9-13-11(3)7-6-8-14-13/h6-8,10,12H,9H2,1-5H3. The second-order valence-electron chi connectivity index (χ2n) is 4.67. The van der Waals surface area contributed by atoms with E-state index in [2.05, 4.69) is 50.7 Å². The average molecular weight is 206 g/mol. The van der Waals surface area contributed by atoms with Gasteiger partial charge >= 0.3 is 0 Å². The van der Waals surface area contributed by atoms with Crippen LogP contribution in [-0.4, -0.2) is 23.0 Å². The zero-order valence-electron chi connectivity index (χ0n) is 10.5. The lowest BCUT2D eigenvalue weighted by Gasteiger charge is -2.27. The first-order valence-electron chi connectivity index (χ1n) is 5.63. The van der Waals surface area contributed by atoms with Gasteiger partial charge in [-0.25, -0.2) is 0 Å². The number of pyridine rings is 1. The molecule has 84 valence electrons. The fraction of sp³-hybridized carbons (Fsp3) is 0.615. The van der Waals surface area contributed by atoms with Gasteiger partial charge in [-0.15, -0.1) is 0 Å². The van der Waals surface area contributed by atoms with Crippen LogP contribution in [0.5, 0.6) is 0 Å². The van der Waals surface area contributed by atoms with E-state index < -0.39 is 0 Å². The first kappa shape index (κ1) is 12.2. The van der Waals surface area contributed by atoms with E-state index in [4.69, 9.17) is 0 Å². The van der Waals surface area contributed by atoms with E-state index in [0.29, 0.717) is 12.0 Å². The summed E-state index contributed by atoms with van der Waals surface area (Å²) in [5, 5.41) is 0. The Balaban J connectivity index is 2.66. The maximum Gasteiger partial charge on any atom is 0.0573 e. The van der Waals surface area contributed by atoms with Crippen LogP contribution in [-0.2, 0) is 6.54 Å². The normalized spacial score (nSPS) is 13.5. The van der Waals surface area contributed by atoms with Gasteiger partial charge in [0.25, 0.3) is 0 Å². The molecule has 1 heterocycles. The van der Waals surface area contributed by atoms with E-state index >= 15 is 0 Å². The summed E-state index contributed by atoms with van der Waals surface area (Å²) in [5.41, 5.74) is 2.47. The molecule has 0 aliphatic carbocycles. The first-order valence-corrected chi connectivity index (χ1v) is 5.63. The van der Waals surface area contributed by atoms with Crippen LogP contribution in [0.4, 0.5) is 0 Å². The van der Waals surface area contributed by atoms with Crippen LogP contribution in [0.3, 0.4) is 0 Å². The van der Waals surface area contributed by atoms with Crippen molar-refractivity contribution in [3.8, 4) is 0 Å². The van der Waals surface area contributed by atoms with Gasteiger partial charge in [0.2, 0.25) is 0 Å². The summed E-state index contributed by atoms with van der Waals surface area (Å²) in [6.45, 7) is 9.84. The summed E-state index contributed by atoms with van der Waals surface area (Å²) >= 11 is 0. The maximum atomic E-state index is 4.42. The highest BCUT2D eigenvalue weighted by atomic mass is 15.1. The van der Waals surface area contributed by atoms with Crippen LogP contribution < -0.4 is 0 Å². The van der Waals surface area contributed by atoms with Crippen molar-refractivity contribution in [1.82, 2.24) is 9.88 Å². The number of nitrogens with zero attached hydrogens (tertiary/aromatic N) is 2. The predicted molar refractivity (Wildman–Crippen MR) is 64.7 cm³/mol. The molecule has 1 aromatic rings. The fourth-order valence-corrected chi connectivity index (χ4v) is 1.57. The molecular formula is C13H22N2. The summed E-state index contributed by atoms with van der Waals surface area (Å²) in [4.78, 5) is 6.78. The van der Waals surface area contributed by atoms with Gasteiger partial charge < -0.3 is 0 Å². The van der Waals surface area contributed by atoms with Crippen molar-refractivity contribution >= 4 is 0 Å². The molecule has 0 fully saturated rings. The molecule has 0 radical (unpaired) electrons. The smallest absolute Gasteiger partial charge is 0.0573 e. The van der Waals surface area contributed by atoms with Gasteiger partial charge in [0.1, 0.15) is 0 Å². The second kappa shape index (κ2) is 5.26. The molecule has 0 amide bonds. The third-order valence-corrected chi connectivity index (χ3v) is 3.18. The van der Waals surface area contributed by atoms with Gasteiger partial charge in [-0.05, 0) is 38.4 Å². The van der Waals surface area contributed by atoms with E-state index in [9.17, 15) is 0 Å². The monoisotopic (exact) mass is 206 g/mol. The van der Waals surface area contributed by atoms with Crippen molar-refractivity contribution in [2.24, 2.45) is 5.92 Å². The van der Waals surface area contributed by atoms with Crippen molar-refractivity contribution in [2.45, 2.75) is 40.3 Å². The topological polar surface area (TPSA) is 16.1 Å². The quantitative estimate of drug-likeness (QED) is 0.753. The van der Waals surface area contributed by atoms with Crippen molar-refractivity contribution in [3.63, 3.8) is 0 Å². The zero-order valence-corrected chi connectivity index (χ0v) is 10.5. The van der Waals surface area contributed by atoms with Crippen LogP contribution in [0.1, 0.15) is 32.0 Å². The zero-order chi connectivity index (χ0) is 11.4. The van der Waals surface area contributed by atoms with Gasteiger partial charge in [0.05, 0.1) is 5.69 Å². The van der Waals surface area contributed by atoms with Crippen LogP contribution in [0.25, 0.3) is 0 Å². The number of hydrogen-bond acceptors (Lipinski definition) is 2. The highest BCUT2D eigenvalue weighted by Gasteiger charge is 2.14. The third kappa shape index (κ3) is 3.31. The number of rotatable bonds is 4. The SMILES string of the molecule is Cc1cccnc1CN(C)C(C)C(C)C. The van der Waals surface area contributed by atoms with Gasteiger partial charge in [0.15, 0.2) is 0 Å². The Hall–Kier alpha value is -0.890. The van der Waals surface area contributed by atoms with E-state index in [1.807, 2.05) is 12.3 Å². The molecule has 0 aromatic carbocycles. The first-order chi connectivity index (χ1) is 7.02.